The fourth-order valence-corrected chi connectivity index (χ4v) is 2.51. The number of amides is 2. The smallest absolute Gasteiger partial charge is 0.279 e. The van der Waals surface area contributed by atoms with E-state index in [1.807, 2.05) is 18.4 Å². The van der Waals surface area contributed by atoms with E-state index in [0.717, 1.165) is 11.3 Å². The van der Waals surface area contributed by atoms with Crippen LogP contribution >= 0.6 is 11.8 Å². The second kappa shape index (κ2) is 9.08. The van der Waals surface area contributed by atoms with E-state index < -0.39 is 17.9 Å². The summed E-state index contributed by atoms with van der Waals surface area (Å²) in [6.07, 6.45) is 1.15. The largest absolute Gasteiger partial charge is 0.481 e. The maximum Gasteiger partial charge on any atom is 0.279 e. The van der Waals surface area contributed by atoms with Gasteiger partial charge in [-0.15, -0.1) is 0 Å². The Kier molecular flexibility index (Phi) is 6.82. The summed E-state index contributed by atoms with van der Waals surface area (Å²) >= 11 is 1.70. The van der Waals surface area contributed by atoms with Gasteiger partial charge in [0.05, 0.1) is 0 Å². The third kappa shape index (κ3) is 5.79. The first-order valence-corrected chi connectivity index (χ1v) is 8.99. The van der Waals surface area contributed by atoms with E-state index in [2.05, 4.69) is 10.9 Å². The van der Waals surface area contributed by atoms with Crippen molar-refractivity contribution in [2.45, 2.75) is 18.8 Å². The van der Waals surface area contributed by atoms with Crippen LogP contribution in [-0.4, -0.2) is 24.2 Å². The summed E-state index contributed by atoms with van der Waals surface area (Å²) in [6.45, 7) is 1.53. The first kappa shape index (κ1) is 18.8. The molecule has 25 heavy (non-hydrogen) atoms. The molecule has 132 valence electrons. The molecule has 0 aromatic heterocycles. The summed E-state index contributed by atoms with van der Waals surface area (Å²) in [6, 6.07) is 12.5. The number of nitrogens with one attached hydrogen (secondary N) is 2. The lowest BCUT2D eigenvalue weighted by atomic mass is 10.1. The van der Waals surface area contributed by atoms with E-state index in [9.17, 15) is 14.0 Å². The molecule has 0 saturated carbocycles. The number of ether oxygens (including phenoxy) is 1. The van der Waals surface area contributed by atoms with Crippen LogP contribution in [-0.2, 0) is 10.5 Å². The molecule has 0 aliphatic rings. The Bertz CT molecular complexity index is 720. The molecule has 2 N–H and O–H groups in total. The van der Waals surface area contributed by atoms with Gasteiger partial charge in [0.2, 0.25) is 0 Å². The number of thioether (sulfide) groups is 1. The molecule has 1 atom stereocenters. The average molecular weight is 362 g/mol. The zero-order valence-corrected chi connectivity index (χ0v) is 14.7. The average Bonchev–Trinajstić information content (AvgIpc) is 2.62. The van der Waals surface area contributed by atoms with Gasteiger partial charge in [0, 0.05) is 11.3 Å². The Labute approximate surface area is 149 Å². The van der Waals surface area contributed by atoms with Crippen LogP contribution < -0.4 is 15.6 Å². The number of rotatable bonds is 6. The number of halogens is 1. The minimum absolute atomic E-state index is 0.361. The first-order valence-electron chi connectivity index (χ1n) is 7.60. The van der Waals surface area contributed by atoms with Crippen molar-refractivity contribution in [2.75, 3.05) is 6.26 Å². The molecule has 5 nitrogen and oxygen atoms in total. The van der Waals surface area contributed by atoms with Gasteiger partial charge in [-0.25, -0.2) is 4.39 Å². The predicted molar refractivity (Wildman–Crippen MR) is 95.8 cm³/mol. The van der Waals surface area contributed by atoms with Gasteiger partial charge in [-0.3, -0.25) is 20.4 Å². The summed E-state index contributed by atoms with van der Waals surface area (Å²) in [7, 11) is 0. The molecule has 0 heterocycles. The van der Waals surface area contributed by atoms with Gasteiger partial charge in [0.1, 0.15) is 11.6 Å². The molecule has 2 aromatic rings. The fraction of sp³-hybridized carbons (Fsp3) is 0.222. The maximum atomic E-state index is 12.8. The van der Waals surface area contributed by atoms with Gasteiger partial charge in [0.25, 0.3) is 11.8 Å². The molecule has 0 fully saturated rings. The number of benzene rings is 2. The van der Waals surface area contributed by atoms with Gasteiger partial charge in [-0.2, -0.15) is 11.8 Å². The van der Waals surface area contributed by atoms with E-state index in [4.69, 9.17) is 4.74 Å². The van der Waals surface area contributed by atoms with Crippen molar-refractivity contribution < 1.29 is 18.7 Å². The Morgan fingerprint density at radius 2 is 1.72 bits per heavy atom. The number of carbonyl (C=O) groups is 2. The van der Waals surface area contributed by atoms with E-state index in [1.165, 1.54) is 31.2 Å². The molecule has 2 aromatic carbocycles. The zero-order chi connectivity index (χ0) is 18.2. The molecule has 2 rings (SSSR count). The third-order valence-corrected chi connectivity index (χ3v) is 3.94. The number of carbonyl (C=O) groups excluding carboxylic acids is 2. The maximum absolute atomic E-state index is 12.8. The molecule has 0 spiro atoms. The van der Waals surface area contributed by atoms with Crippen molar-refractivity contribution in [2.24, 2.45) is 0 Å². The molecular formula is C18H19FN2O3S. The molecule has 0 bridgehead atoms. The lowest BCUT2D eigenvalue weighted by Gasteiger charge is -2.15. The van der Waals surface area contributed by atoms with Crippen molar-refractivity contribution in [3.63, 3.8) is 0 Å². The normalized spacial score (nSPS) is 11.5. The van der Waals surface area contributed by atoms with Crippen LogP contribution in [0.3, 0.4) is 0 Å². The minimum atomic E-state index is -0.852. The second-order valence-electron chi connectivity index (χ2n) is 5.29. The number of hydrogen-bond acceptors (Lipinski definition) is 4. The van der Waals surface area contributed by atoms with Crippen LogP contribution in [0.5, 0.6) is 5.75 Å². The molecule has 0 aliphatic heterocycles. The standard InChI is InChI=1S/C18H19FN2O3S/c1-12(24-16-9-7-15(19)8-10-16)17(22)20-21-18(23)14-5-3-13(4-6-14)11-25-2/h3-10,12H,11H2,1-2H3,(H,20,22)(H,21,23)/t12-/m1/s1. The third-order valence-electron chi connectivity index (χ3n) is 3.32. The fourth-order valence-electron chi connectivity index (χ4n) is 1.98. The summed E-state index contributed by atoms with van der Waals surface area (Å²) in [5.74, 6) is -0.0913. The SMILES string of the molecule is CSCc1ccc(C(=O)NNC(=O)[C@@H](C)Oc2ccc(F)cc2)cc1. The van der Waals surface area contributed by atoms with Crippen molar-refractivity contribution in [3.8, 4) is 5.75 Å². The second-order valence-corrected chi connectivity index (χ2v) is 6.15. The highest BCUT2D eigenvalue weighted by Gasteiger charge is 2.16. The van der Waals surface area contributed by atoms with Gasteiger partial charge in [-0.05, 0) is 55.1 Å². The summed E-state index contributed by atoms with van der Waals surface area (Å²) < 4.78 is 18.2. The van der Waals surface area contributed by atoms with Crippen LogP contribution in [0.15, 0.2) is 48.5 Å². The van der Waals surface area contributed by atoms with Crippen LogP contribution in [0.4, 0.5) is 4.39 Å². The molecular weight excluding hydrogens is 343 g/mol. The molecule has 0 radical (unpaired) electrons. The summed E-state index contributed by atoms with van der Waals surface area (Å²) in [5.41, 5.74) is 6.21. The van der Waals surface area contributed by atoms with Crippen LogP contribution in [0, 0.1) is 5.82 Å². The Morgan fingerprint density at radius 1 is 1.08 bits per heavy atom. The molecule has 0 unspecified atom stereocenters. The molecule has 0 aliphatic carbocycles. The highest BCUT2D eigenvalue weighted by Crippen LogP contribution is 2.13. The Hall–Kier alpha value is -2.54. The number of hydrogen-bond donors (Lipinski definition) is 2. The van der Waals surface area contributed by atoms with Gasteiger partial charge in [0.15, 0.2) is 6.10 Å². The predicted octanol–water partition coefficient (Wildman–Crippen LogP) is 2.92. The van der Waals surface area contributed by atoms with Crippen molar-refractivity contribution in [1.29, 1.82) is 0 Å². The molecule has 7 heteroatoms. The van der Waals surface area contributed by atoms with E-state index in [0.29, 0.717) is 11.3 Å². The molecule has 0 saturated heterocycles. The Morgan fingerprint density at radius 3 is 2.32 bits per heavy atom. The van der Waals surface area contributed by atoms with Crippen LogP contribution in [0.2, 0.25) is 0 Å². The van der Waals surface area contributed by atoms with E-state index >= 15 is 0 Å². The highest BCUT2D eigenvalue weighted by molar-refractivity contribution is 7.97. The van der Waals surface area contributed by atoms with Gasteiger partial charge < -0.3 is 4.74 Å². The van der Waals surface area contributed by atoms with E-state index in [1.54, 1.807) is 23.9 Å². The molecule has 2 amide bonds. The van der Waals surface area contributed by atoms with Gasteiger partial charge >= 0.3 is 0 Å². The minimum Gasteiger partial charge on any atom is -0.481 e. The van der Waals surface area contributed by atoms with Crippen molar-refractivity contribution >= 4 is 23.6 Å². The zero-order valence-electron chi connectivity index (χ0n) is 13.9. The van der Waals surface area contributed by atoms with Crippen molar-refractivity contribution in [3.05, 3.63) is 65.5 Å². The van der Waals surface area contributed by atoms with Gasteiger partial charge in [-0.1, -0.05) is 12.1 Å². The summed E-state index contributed by atoms with van der Waals surface area (Å²) in [5, 5.41) is 0. The lowest BCUT2D eigenvalue weighted by molar-refractivity contribution is -0.128. The lowest BCUT2D eigenvalue weighted by Crippen LogP contribution is -2.47. The van der Waals surface area contributed by atoms with E-state index in [-0.39, 0.29) is 5.82 Å². The Balaban J connectivity index is 1.83. The van der Waals surface area contributed by atoms with Crippen LogP contribution in [0.1, 0.15) is 22.8 Å². The summed E-state index contributed by atoms with van der Waals surface area (Å²) in [4.78, 5) is 24.0. The topological polar surface area (TPSA) is 67.4 Å². The monoisotopic (exact) mass is 362 g/mol. The van der Waals surface area contributed by atoms with Crippen molar-refractivity contribution in [1.82, 2.24) is 10.9 Å². The number of hydrazine groups is 1. The van der Waals surface area contributed by atoms with Crippen LogP contribution in [0.25, 0.3) is 0 Å². The highest BCUT2D eigenvalue weighted by atomic mass is 32.2. The first-order chi connectivity index (χ1) is 12.0. The quantitative estimate of drug-likeness (QED) is 0.776.